The van der Waals surface area contributed by atoms with Crippen molar-refractivity contribution >= 4 is 0 Å². The van der Waals surface area contributed by atoms with Gasteiger partial charge in [-0.2, -0.15) is 0 Å². The maximum absolute atomic E-state index is 6.11. The van der Waals surface area contributed by atoms with Crippen LogP contribution in [-0.4, -0.2) is 29.6 Å². The third-order valence-corrected chi connectivity index (χ3v) is 5.70. The summed E-state index contributed by atoms with van der Waals surface area (Å²) in [6.07, 6.45) is 9.44. The lowest BCUT2D eigenvalue weighted by Gasteiger charge is -2.49. The van der Waals surface area contributed by atoms with Crippen LogP contribution in [0.5, 0.6) is 0 Å². The Bertz CT molecular complexity index is 430. The number of benzene rings is 1. The molecule has 1 saturated carbocycles. The second kappa shape index (κ2) is 6.93. The molecular weight excluding hydrogens is 256 g/mol. The molecule has 2 N–H and O–H groups in total. The lowest BCUT2D eigenvalue weighted by Crippen LogP contribution is -2.56. The Morgan fingerprint density at radius 1 is 1.00 bits per heavy atom. The van der Waals surface area contributed by atoms with Gasteiger partial charge in [-0.1, -0.05) is 49.6 Å². The van der Waals surface area contributed by atoms with E-state index < -0.39 is 0 Å². The van der Waals surface area contributed by atoms with Gasteiger partial charge >= 0.3 is 0 Å². The normalized spacial score (nSPS) is 34.8. The van der Waals surface area contributed by atoms with Crippen LogP contribution in [0.15, 0.2) is 30.3 Å². The third-order valence-electron chi connectivity index (χ3n) is 5.70. The molecule has 2 heteroatoms. The molecule has 1 saturated heterocycles. The summed E-state index contributed by atoms with van der Waals surface area (Å²) in [7, 11) is 0. The van der Waals surface area contributed by atoms with Gasteiger partial charge < -0.3 is 5.73 Å². The molecule has 1 aliphatic carbocycles. The Kier molecular flexibility index (Phi) is 4.97. The van der Waals surface area contributed by atoms with Gasteiger partial charge in [-0.15, -0.1) is 0 Å². The zero-order valence-corrected chi connectivity index (χ0v) is 13.4. The molecule has 0 spiro atoms. The van der Waals surface area contributed by atoms with Crippen molar-refractivity contribution in [3.05, 3.63) is 35.9 Å². The second-order valence-corrected chi connectivity index (χ2v) is 6.99. The number of rotatable bonds is 3. The maximum atomic E-state index is 6.11. The molecule has 0 bridgehead atoms. The highest BCUT2D eigenvalue weighted by Crippen LogP contribution is 2.40. The van der Waals surface area contributed by atoms with Gasteiger partial charge in [0.15, 0.2) is 0 Å². The fourth-order valence-electron chi connectivity index (χ4n) is 4.70. The molecule has 1 heterocycles. The Morgan fingerprint density at radius 3 is 2.52 bits per heavy atom. The van der Waals surface area contributed by atoms with Crippen LogP contribution in [0.2, 0.25) is 0 Å². The lowest BCUT2D eigenvalue weighted by atomic mass is 9.77. The van der Waals surface area contributed by atoms with Crippen LogP contribution in [0.4, 0.5) is 0 Å². The van der Waals surface area contributed by atoms with Crippen molar-refractivity contribution in [1.29, 1.82) is 0 Å². The first-order chi connectivity index (χ1) is 10.3. The summed E-state index contributed by atoms with van der Waals surface area (Å²) >= 11 is 0. The first kappa shape index (κ1) is 15.1. The number of hydrogen-bond donors (Lipinski definition) is 1. The van der Waals surface area contributed by atoms with Crippen molar-refractivity contribution < 1.29 is 0 Å². The average Bonchev–Trinajstić information content (AvgIpc) is 2.55. The molecule has 0 radical (unpaired) electrons. The summed E-state index contributed by atoms with van der Waals surface area (Å²) in [5.74, 6) is 0.703. The summed E-state index contributed by atoms with van der Waals surface area (Å²) in [6.45, 7) is 3.24. The van der Waals surface area contributed by atoms with E-state index in [-0.39, 0.29) is 0 Å². The first-order valence-electron chi connectivity index (χ1n) is 8.83. The second-order valence-electron chi connectivity index (χ2n) is 6.99. The predicted octanol–water partition coefficient (Wildman–Crippen LogP) is 3.91. The minimum atomic E-state index is 0.600. The molecule has 0 aromatic heterocycles. The Hall–Kier alpha value is -0.860. The number of nitrogens with zero attached hydrogens (tertiary/aromatic N) is 1. The highest BCUT2D eigenvalue weighted by atomic mass is 15.2. The monoisotopic (exact) mass is 286 g/mol. The average molecular weight is 286 g/mol. The van der Waals surface area contributed by atoms with Crippen molar-refractivity contribution in [2.75, 3.05) is 6.54 Å². The summed E-state index contributed by atoms with van der Waals surface area (Å²) in [4.78, 5) is 2.81. The molecule has 2 nitrogen and oxygen atoms in total. The zero-order chi connectivity index (χ0) is 14.7. The van der Waals surface area contributed by atoms with E-state index in [9.17, 15) is 0 Å². The number of hydrogen-bond acceptors (Lipinski definition) is 2. The standard InChI is InChI=1S/C19H30N2/c1-15-8-7-11-17(14-20)21(15)19-13-6-5-12-18(19)16-9-3-2-4-10-16/h2-4,9-10,15,17-19H,5-8,11-14,20H2,1H3. The van der Waals surface area contributed by atoms with Gasteiger partial charge in [0.05, 0.1) is 0 Å². The molecule has 2 aliphatic rings. The topological polar surface area (TPSA) is 29.3 Å². The van der Waals surface area contributed by atoms with Crippen LogP contribution in [0.3, 0.4) is 0 Å². The van der Waals surface area contributed by atoms with Crippen LogP contribution in [-0.2, 0) is 0 Å². The van der Waals surface area contributed by atoms with Gasteiger partial charge in [0.2, 0.25) is 0 Å². The Balaban J connectivity index is 1.86. The van der Waals surface area contributed by atoms with Crippen molar-refractivity contribution in [3.63, 3.8) is 0 Å². The van der Waals surface area contributed by atoms with Gasteiger partial charge in [-0.3, -0.25) is 4.90 Å². The lowest BCUT2D eigenvalue weighted by molar-refractivity contribution is 0.0223. The summed E-state index contributed by atoms with van der Waals surface area (Å²) in [5.41, 5.74) is 7.64. The van der Waals surface area contributed by atoms with Crippen molar-refractivity contribution in [2.45, 2.75) is 75.9 Å². The number of nitrogens with two attached hydrogens (primary N) is 1. The van der Waals surface area contributed by atoms with Crippen LogP contribution in [0.1, 0.15) is 63.4 Å². The van der Waals surface area contributed by atoms with Gasteiger partial charge in [0, 0.05) is 24.7 Å². The van der Waals surface area contributed by atoms with E-state index >= 15 is 0 Å². The van der Waals surface area contributed by atoms with E-state index in [2.05, 4.69) is 42.2 Å². The van der Waals surface area contributed by atoms with Gasteiger partial charge in [0.25, 0.3) is 0 Å². The van der Waals surface area contributed by atoms with Crippen LogP contribution >= 0.6 is 0 Å². The van der Waals surface area contributed by atoms with E-state index in [4.69, 9.17) is 5.73 Å². The fraction of sp³-hybridized carbons (Fsp3) is 0.684. The highest BCUT2D eigenvalue weighted by Gasteiger charge is 2.38. The van der Waals surface area contributed by atoms with Crippen molar-refractivity contribution in [2.24, 2.45) is 5.73 Å². The molecule has 2 fully saturated rings. The Morgan fingerprint density at radius 2 is 1.76 bits per heavy atom. The molecule has 4 atom stereocenters. The summed E-state index contributed by atoms with van der Waals surface area (Å²) in [6, 6.07) is 13.2. The van der Waals surface area contributed by atoms with E-state index in [1.54, 1.807) is 0 Å². The highest BCUT2D eigenvalue weighted by molar-refractivity contribution is 5.22. The van der Waals surface area contributed by atoms with Crippen LogP contribution < -0.4 is 5.73 Å². The van der Waals surface area contributed by atoms with Crippen LogP contribution in [0, 0.1) is 0 Å². The maximum Gasteiger partial charge on any atom is 0.0224 e. The molecular formula is C19H30N2. The largest absolute Gasteiger partial charge is 0.329 e. The van der Waals surface area contributed by atoms with E-state index in [0.717, 1.165) is 6.54 Å². The van der Waals surface area contributed by atoms with Gasteiger partial charge in [-0.25, -0.2) is 0 Å². The van der Waals surface area contributed by atoms with Gasteiger partial charge in [-0.05, 0) is 44.1 Å². The molecule has 1 aromatic rings. The third kappa shape index (κ3) is 3.17. The minimum absolute atomic E-state index is 0.600. The molecule has 1 aliphatic heterocycles. The van der Waals surface area contributed by atoms with Crippen molar-refractivity contribution in [3.8, 4) is 0 Å². The zero-order valence-electron chi connectivity index (χ0n) is 13.4. The predicted molar refractivity (Wildman–Crippen MR) is 89.4 cm³/mol. The summed E-state index contributed by atoms with van der Waals surface area (Å²) in [5, 5.41) is 0. The molecule has 0 amide bonds. The number of piperidine rings is 1. The molecule has 116 valence electrons. The van der Waals surface area contributed by atoms with E-state index in [1.807, 2.05) is 0 Å². The fourth-order valence-corrected chi connectivity index (χ4v) is 4.70. The quantitative estimate of drug-likeness (QED) is 0.912. The number of likely N-dealkylation sites (tertiary alicyclic amines) is 1. The van der Waals surface area contributed by atoms with E-state index in [1.165, 1.54) is 50.5 Å². The minimum Gasteiger partial charge on any atom is -0.329 e. The van der Waals surface area contributed by atoms with Crippen LogP contribution in [0.25, 0.3) is 0 Å². The SMILES string of the molecule is CC1CCCC(CN)N1C1CCCCC1c1ccccc1. The molecule has 4 unspecified atom stereocenters. The smallest absolute Gasteiger partial charge is 0.0224 e. The van der Waals surface area contributed by atoms with E-state index in [0.29, 0.717) is 24.0 Å². The molecule has 3 rings (SSSR count). The first-order valence-corrected chi connectivity index (χ1v) is 8.83. The van der Waals surface area contributed by atoms with Gasteiger partial charge in [0.1, 0.15) is 0 Å². The Labute approximate surface area is 129 Å². The van der Waals surface area contributed by atoms with Crippen molar-refractivity contribution in [1.82, 2.24) is 4.90 Å². The molecule has 1 aromatic carbocycles. The molecule has 21 heavy (non-hydrogen) atoms. The summed E-state index contributed by atoms with van der Waals surface area (Å²) < 4.78 is 0.